The molecular weight excluding hydrogens is 398 g/mol. The van der Waals surface area contributed by atoms with Gasteiger partial charge in [0.05, 0.1) is 31.5 Å². The Morgan fingerprint density at radius 1 is 1.33 bits per heavy atom. The smallest absolute Gasteiger partial charge is 0.254 e. The summed E-state index contributed by atoms with van der Waals surface area (Å²) in [7, 11) is 0. The van der Waals surface area contributed by atoms with Crippen LogP contribution in [0.15, 0.2) is 11.2 Å². The lowest BCUT2D eigenvalue weighted by molar-refractivity contribution is -0.123. The van der Waals surface area contributed by atoms with Crippen molar-refractivity contribution < 1.29 is 9.53 Å². The van der Waals surface area contributed by atoms with Crippen molar-refractivity contribution in [3.05, 3.63) is 39.0 Å². The Morgan fingerprint density at radius 3 is 2.87 bits per heavy atom. The predicted molar refractivity (Wildman–Crippen MR) is 117 cm³/mol. The predicted octanol–water partition coefficient (Wildman–Crippen LogP) is 2.69. The number of amides is 1. The molecule has 7 nitrogen and oxygen atoms in total. The summed E-state index contributed by atoms with van der Waals surface area (Å²) in [5, 5.41) is 15.0. The highest BCUT2D eigenvalue weighted by Gasteiger charge is 2.23. The molecule has 0 radical (unpaired) electrons. The molecule has 0 spiro atoms. The Morgan fingerprint density at radius 2 is 2.10 bits per heavy atom. The molecule has 0 aromatic carbocycles. The zero-order valence-corrected chi connectivity index (χ0v) is 18.3. The van der Waals surface area contributed by atoms with Crippen molar-refractivity contribution in [1.29, 1.82) is 5.26 Å². The first-order valence-electron chi connectivity index (χ1n) is 10.4. The van der Waals surface area contributed by atoms with Gasteiger partial charge >= 0.3 is 0 Å². The summed E-state index contributed by atoms with van der Waals surface area (Å²) in [5.41, 5.74) is 7.70. The SMILES string of the molecule is Cc1cc(/C=N\NC(=O)CN2CCOCC2)c(C)n1-c1sc2c(c1C#N)CCCC2. The van der Waals surface area contributed by atoms with E-state index < -0.39 is 0 Å². The lowest BCUT2D eigenvalue weighted by Crippen LogP contribution is -2.42. The number of hydrogen-bond acceptors (Lipinski definition) is 6. The normalized spacial score (nSPS) is 17.1. The second-order valence-corrected chi connectivity index (χ2v) is 8.93. The maximum absolute atomic E-state index is 12.1. The van der Waals surface area contributed by atoms with Crippen LogP contribution in [0.1, 0.15) is 45.8 Å². The van der Waals surface area contributed by atoms with Gasteiger partial charge in [0.2, 0.25) is 0 Å². The monoisotopic (exact) mass is 425 g/mol. The van der Waals surface area contributed by atoms with E-state index in [1.807, 2.05) is 19.9 Å². The largest absolute Gasteiger partial charge is 0.379 e. The van der Waals surface area contributed by atoms with E-state index in [4.69, 9.17) is 4.74 Å². The van der Waals surface area contributed by atoms with Crippen LogP contribution in [0.4, 0.5) is 0 Å². The third-order valence-electron chi connectivity index (χ3n) is 5.80. The molecule has 1 aliphatic heterocycles. The second-order valence-electron chi connectivity index (χ2n) is 7.85. The zero-order valence-electron chi connectivity index (χ0n) is 17.5. The van der Waals surface area contributed by atoms with E-state index >= 15 is 0 Å². The molecule has 30 heavy (non-hydrogen) atoms. The van der Waals surface area contributed by atoms with Crippen molar-refractivity contribution >= 4 is 23.5 Å². The Bertz CT molecular complexity index is 1010. The van der Waals surface area contributed by atoms with E-state index in [0.717, 1.165) is 59.9 Å². The number of ether oxygens (including phenoxy) is 1. The van der Waals surface area contributed by atoms with Crippen LogP contribution in [-0.4, -0.2) is 54.4 Å². The number of hydrazone groups is 1. The summed E-state index contributed by atoms with van der Waals surface area (Å²) in [4.78, 5) is 15.5. The molecule has 1 saturated heterocycles. The number of nitrogens with zero attached hydrogens (tertiary/aromatic N) is 4. The number of morpholine rings is 1. The molecule has 0 unspecified atom stereocenters. The van der Waals surface area contributed by atoms with Crippen LogP contribution in [-0.2, 0) is 22.4 Å². The fraction of sp³-hybridized carbons (Fsp3) is 0.500. The Hall–Kier alpha value is -2.47. The molecule has 158 valence electrons. The number of nitriles is 1. The number of nitrogens with one attached hydrogen (secondary N) is 1. The lowest BCUT2D eigenvalue weighted by Gasteiger charge is -2.25. The first-order chi connectivity index (χ1) is 14.6. The molecule has 1 N–H and O–H groups in total. The number of carbonyl (C=O) groups excluding carboxylic acids is 1. The van der Waals surface area contributed by atoms with E-state index in [2.05, 4.69) is 26.1 Å². The summed E-state index contributed by atoms with van der Waals surface area (Å²) < 4.78 is 7.45. The molecule has 0 bridgehead atoms. The number of aryl methyl sites for hydroxylation is 2. The molecule has 2 aromatic rings. The van der Waals surface area contributed by atoms with Gasteiger partial charge in [0.15, 0.2) is 0 Å². The number of rotatable bonds is 5. The zero-order chi connectivity index (χ0) is 21.1. The van der Waals surface area contributed by atoms with E-state index in [9.17, 15) is 10.1 Å². The van der Waals surface area contributed by atoms with Crippen LogP contribution in [0.2, 0.25) is 0 Å². The quantitative estimate of drug-likeness (QED) is 0.590. The molecule has 2 aliphatic rings. The van der Waals surface area contributed by atoms with Gasteiger partial charge in [0, 0.05) is 34.9 Å². The minimum atomic E-state index is -0.125. The lowest BCUT2D eigenvalue weighted by atomic mass is 9.96. The maximum Gasteiger partial charge on any atom is 0.254 e. The molecule has 8 heteroatoms. The van der Waals surface area contributed by atoms with Crippen LogP contribution in [0.3, 0.4) is 0 Å². The van der Waals surface area contributed by atoms with Crippen molar-refractivity contribution in [2.45, 2.75) is 39.5 Å². The average Bonchev–Trinajstić information content (AvgIpc) is 3.24. The summed E-state index contributed by atoms with van der Waals surface area (Å²) in [5.74, 6) is -0.125. The highest BCUT2D eigenvalue weighted by molar-refractivity contribution is 7.15. The van der Waals surface area contributed by atoms with E-state index in [1.165, 1.54) is 16.9 Å². The van der Waals surface area contributed by atoms with Crippen LogP contribution < -0.4 is 5.43 Å². The fourth-order valence-corrected chi connectivity index (χ4v) is 5.68. The van der Waals surface area contributed by atoms with Crippen molar-refractivity contribution in [3.8, 4) is 11.1 Å². The summed E-state index contributed by atoms with van der Waals surface area (Å²) >= 11 is 1.74. The van der Waals surface area contributed by atoms with Crippen LogP contribution >= 0.6 is 11.3 Å². The van der Waals surface area contributed by atoms with E-state index in [0.29, 0.717) is 19.8 Å². The number of aromatic nitrogens is 1. The molecule has 1 aliphatic carbocycles. The van der Waals surface area contributed by atoms with Crippen LogP contribution in [0, 0.1) is 25.2 Å². The van der Waals surface area contributed by atoms with Crippen LogP contribution in [0.5, 0.6) is 0 Å². The number of thiophene rings is 1. The van der Waals surface area contributed by atoms with Gasteiger partial charge < -0.3 is 9.30 Å². The van der Waals surface area contributed by atoms with Crippen molar-refractivity contribution in [2.75, 3.05) is 32.8 Å². The van der Waals surface area contributed by atoms with Gasteiger partial charge in [-0.1, -0.05) is 0 Å². The minimum Gasteiger partial charge on any atom is -0.379 e. The molecule has 3 heterocycles. The summed E-state index contributed by atoms with van der Waals surface area (Å²) in [6, 6.07) is 4.50. The van der Waals surface area contributed by atoms with Gasteiger partial charge in [0.25, 0.3) is 5.91 Å². The van der Waals surface area contributed by atoms with Gasteiger partial charge in [-0.15, -0.1) is 11.3 Å². The van der Waals surface area contributed by atoms with Crippen molar-refractivity contribution in [3.63, 3.8) is 0 Å². The highest BCUT2D eigenvalue weighted by atomic mass is 32.1. The van der Waals surface area contributed by atoms with Crippen molar-refractivity contribution in [1.82, 2.24) is 14.9 Å². The standard InChI is InChI=1S/C22H27N5O2S/c1-15-11-17(13-24-25-21(28)14-26-7-9-29-10-8-26)16(2)27(15)22-19(12-23)18-5-3-4-6-20(18)30-22/h11,13H,3-10,14H2,1-2H3,(H,25,28)/b24-13-. The maximum atomic E-state index is 12.1. The van der Waals surface area contributed by atoms with Gasteiger partial charge in [-0.3, -0.25) is 9.69 Å². The van der Waals surface area contributed by atoms with Gasteiger partial charge in [-0.2, -0.15) is 10.4 Å². The molecule has 0 atom stereocenters. The first kappa shape index (κ1) is 20.8. The highest BCUT2D eigenvalue weighted by Crippen LogP contribution is 2.38. The number of carbonyl (C=O) groups is 1. The molecule has 1 fully saturated rings. The average molecular weight is 426 g/mol. The van der Waals surface area contributed by atoms with Crippen molar-refractivity contribution in [2.24, 2.45) is 5.10 Å². The van der Waals surface area contributed by atoms with E-state index in [-0.39, 0.29) is 5.91 Å². The topological polar surface area (TPSA) is 82.7 Å². The summed E-state index contributed by atoms with van der Waals surface area (Å²) in [6.07, 6.45) is 6.11. The van der Waals surface area contributed by atoms with Gasteiger partial charge in [-0.05, 0) is 51.2 Å². The molecule has 2 aromatic heterocycles. The number of hydrogen-bond donors (Lipinski definition) is 1. The molecule has 4 rings (SSSR count). The molecular formula is C22H27N5O2S. The minimum absolute atomic E-state index is 0.125. The fourth-order valence-electron chi connectivity index (χ4n) is 4.23. The van der Waals surface area contributed by atoms with Gasteiger partial charge in [-0.25, -0.2) is 5.43 Å². The molecule has 0 saturated carbocycles. The summed E-state index contributed by atoms with van der Waals surface area (Å²) in [6.45, 7) is 7.27. The second kappa shape index (κ2) is 9.13. The Balaban J connectivity index is 1.50. The van der Waals surface area contributed by atoms with Crippen LogP contribution in [0.25, 0.3) is 5.00 Å². The third kappa shape index (κ3) is 4.19. The van der Waals surface area contributed by atoms with Gasteiger partial charge in [0.1, 0.15) is 11.1 Å². The Labute approximate surface area is 180 Å². The Kier molecular flexibility index (Phi) is 6.32. The molecule has 1 amide bonds. The number of fused-ring (bicyclic) bond motifs is 1. The van der Waals surface area contributed by atoms with E-state index in [1.54, 1.807) is 17.6 Å². The first-order valence-corrected chi connectivity index (χ1v) is 11.3. The third-order valence-corrected chi connectivity index (χ3v) is 7.08.